The summed E-state index contributed by atoms with van der Waals surface area (Å²) in [7, 11) is 0. The molecule has 3 aromatic rings. The molecule has 1 N–H and O–H groups in total. The Kier molecular flexibility index (Phi) is 10.5. The number of nitrogens with zero attached hydrogens (tertiary/aromatic N) is 1. The predicted octanol–water partition coefficient (Wildman–Crippen LogP) is 6.68. The van der Waals surface area contributed by atoms with Gasteiger partial charge in [0.2, 0.25) is 5.91 Å². The van der Waals surface area contributed by atoms with E-state index in [1.807, 2.05) is 92.7 Å². The fourth-order valence-corrected chi connectivity index (χ4v) is 4.58. The largest absolute Gasteiger partial charge is 0.483 e. The monoisotopic (exact) mass is 578 g/mol. The number of carbonyl (C=O) groups is 2. The molecule has 202 valence electrons. The highest BCUT2D eigenvalue weighted by Crippen LogP contribution is 2.31. The Labute approximate surface area is 235 Å². The molecule has 0 fully saturated rings. The lowest BCUT2D eigenvalue weighted by molar-refractivity contribution is -0.143. The molecule has 0 aliphatic heterocycles. The molecule has 6 heteroatoms. The molecule has 0 aromatic heterocycles. The predicted molar refractivity (Wildman–Crippen MR) is 157 cm³/mol. The summed E-state index contributed by atoms with van der Waals surface area (Å²) >= 11 is 3.60. The van der Waals surface area contributed by atoms with Crippen molar-refractivity contribution >= 4 is 27.7 Å². The number of amides is 2. The molecule has 2 atom stereocenters. The second-order valence-electron chi connectivity index (χ2n) is 10.7. The summed E-state index contributed by atoms with van der Waals surface area (Å²) in [6.07, 6.45) is 1.21. The normalized spacial score (nSPS) is 12.9. The van der Waals surface area contributed by atoms with Crippen LogP contribution in [0.25, 0.3) is 0 Å². The third-order valence-corrected chi connectivity index (χ3v) is 7.24. The fourth-order valence-electron chi connectivity index (χ4n) is 4.08. The molecule has 0 saturated heterocycles. The van der Waals surface area contributed by atoms with E-state index in [1.54, 1.807) is 4.90 Å². The lowest BCUT2D eigenvalue weighted by Crippen LogP contribution is -2.53. The zero-order valence-electron chi connectivity index (χ0n) is 23.0. The minimum atomic E-state index is -0.686. The first-order chi connectivity index (χ1) is 18.1. The van der Waals surface area contributed by atoms with Crippen LogP contribution in [0.5, 0.6) is 5.75 Å². The number of rotatable bonds is 11. The van der Waals surface area contributed by atoms with Gasteiger partial charge in [-0.2, -0.15) is 0 Å². The number of hydrogen-bond acceptors (Lipinski definition) is 3. The SMILES string of the molecule is CCC(C)NC(=O)C(Cc1ccccc1)N(Cc1ccccc1)C(=O)COc1ccc(C(C)(C)C)cc1Br. The number of benzene rings is 3. The summed E-state index contributed by atoms with van der Waals surface area (Å²) in [4.78, 5) is 29.0. The van der Waals surface area contributed by atoms with Gasteiger partial charge in [-0.1, -0.05) is 94.4 Å². The molecule has 5 nitrogen and oxygen atoms in total. The zero-order chi connectivity index (χ0) is 27.7. The molecular weight excluding hydrogens is 540 g/mol. The molecule has 0 aliphatic carbocycles. The standard InChI is InChI=1S/C32H39BrN2O3/c1-6-23(2)34-31(37)28(19-24-13-9-7-10-14-24)35(21-25-15-11-8-12-16-25)30(36)22-38-29-18-17-26(20-27(29)33)32(3,4)5/h7-18,20,23,28H,6,19,21-22H2,1-5H3,(H,34,37). The number of halogens is 1. The first-order valence-electron chi connectivity index (χ1n) is 13.2. The van der Waals surface area contributed by atoms with E-state index in [9.17, 15) is 9.59 Å². The Morgan fingerprint density at radius 1 is 0.947 bits per heavy atom. The quantitative estimate of drug-likeness (QED) is 0.276. The maximum atomic E-state index is 13.8. The van der Waals surface area contributed by atoms with Crippen LogP contribution < -0.4 is 10.1 Å². The summed E-state index contributed by atoms with van der Waals surface area (Å²) in [5.74, 6) is 0.179. The summed E-state index contributed by atoms with van der Waals surface area (Å²) in [6, 6.07) is 24.8. The third kappa shape index (κ3) is 8.45. The molecule has 0 aliphatic rings. The van der Waals surface area contributed by atoms with Crippen LogP contribution in [0, 0.1) is 0 Å². The van der Waals surface area contributed by atoms with Crippen LogP contribution in [0.1, 0.15) is 57.7 Å². The highest BCUT2D eigenvalue weighted by atomic mass is 79.9. The van der Waals surface area contributed by atoms with E-state index < -0.39 is 6.04 Å². The van der Waals surface area contributed by atoms with E-state index in [-0.39, 0.29) is 29.9 Å². The summed E-state index contributed by atoms with van der Waals surface area (Å²) in [5.41, 5.74) is 3.10. The van der Waals surface area contributed by atoms with Gasteiger partial charge < -0.3 is 15.0 Å². The first kappa shape index (κ1) is 29.4. The van der Waals surface area contributed by atoms with E-state index in [4.69, 9.17) is 4.74 Å². The van der Waals surface area contributed by atoms with Gasteiger partial charge in [-0.05, 0) is 63.5 Å². The second-order valence-corrected chi connectivity index (χ2v) is 11.6. The zero-order valence-corrected chi connectivity index (χ0v) is 24.6. The first-order valence-corrected chi connectivity index (χ1v) is 14.0. The van der Waals surface area contributed by atoms with E-state index in [0.29, 0.717) is 18.7 Å². The molecule has 0 heterocycles. The van der Waals surface area contributed by atoms with Crippen LogP contribution in [-0.2, 0) is 28.0 Å². The Hall–Kier alpha value is -3.12. The van der Waals surface area contributed by atoms with Crippen molar-refractivity contribution in [1.29, 1.82) is 0 Å². The van der Waals surface area contributed by atoms with Crippen molar-refractivity contribution in [3.63, 3.8) is 0 Å². The maximum Gasteiger partial charge on any atom is 0.261 e. The van der Waals surface area contributed by atoms with Gasteiger partial charge >= 0.3 is 0 Å². The topological polar surface area (TPSA) is 58.6 Å². The average molecular weight is 580 g/mol. The molecule has 3 aromatic carbocycles. The number of nitrogens with one attached hydrogen (secondary N) is 1. The Balaban J connectivity index is 1.89. The molecule has 0 saturated carbocycles. The van der Waals surface area contributed by atoms with Gasteiger partial charge in [0.15, 0.2) is 6.61 Å². The van der Waals surface area contributed by atoms with Crippen LogP contribution in [0.15, 0.2) is 83.3 Å². The highest BCUT2D eigenvalue weighted by molar-refractivity contribution is 9.10. The molecule has 0 spiro atoms. The van der Waals surface area contributed by atoms with Crippen LogP contribution in [0.3, 0.4) is 0 Å². The highest BCUT2D eigenvalue weighted by Gasteiger charge is 2.31. The van der Waals surface area contributed by atoms with Crippen molar-refractivity contribution in [2.45, 2.75) is 71.5 Å². The lowest BCUT2D eigenvalue weighted by Gasteiger charge is -2.32. The molecule has 2 amide bonds. The Bertz CT molecular complexity index is 1190. The summed E-state index contributed by atoms with van der Waals surface area (Å²) < 4.78 is 6.79. The minimum Gasteiger partial charge on any atom is -0.483 e. The van der Waals surface area contributed by atoms with Gasteiger partial charge in [-0.15, -0.1) is 0 Å². The molecule has 2 unspecified atom stereocenters. The Morgan fingerprint density at radius 3 is 2.11 bits per heavy atom. The van der Waals surface area contributed by atoms with Gasteiger partial charge in [-0.25, -0.2) is 0 Å². The van der Waals surface area contributed by atoms with Crippen LogP contribution in [0.4, 0.5) is 0 Å². The van der Waals surface area contributed by atoms with Crippen molar-refractivity contribution in [2.75, 3.05) is 6.61 Å². The molecule has 0 radical (unpaired) electrons. The molecule has 0 bridgehead atoms. The van der Waals surface area contributed by atoms with Crippen molar-refractivity contribution < 1.29 is 14.3 Å². The summed E-state index contributed by atoms with van der Waals surface area (Å²) in [5, 5.41) is 3.09. The maximum absolute atomic E-state index is 13.8. The number of hydrogen-bond donors (Lipinski definition) is 1. The number of ether oxygens (including phenoxy) is 1. The van der Waals surface area contributed by atoms with Crippen molar-refractivity contribution in [2.24, 2.45) is 0 Å². The van der Waals surface area contributed by atoms with E-state index >= 15 is 0 Å². The average Bonchev–Trinajstić information content (AvgIpc) is 2.90. The van der Waals surface area contributed by atoms with Crippen molar-refractivity contribution in [3.8, 4) is 5.75 Å². The molecule has 38 heavy (non-hydrogen) atoms. The second kappa shape index (κ2) is 13.6. The van der Waals surface area contributed by atoms with E-state index in [2.05, 4.69) is 42.0 Å². The van der Waals surface area contributed by atoms with Gasteiger partial charge in [-0.3, -0.25) is 9.59 Å². The minimum absolute atomic E-state index is 0.00277. The van der Waals surface area contributed by atoms with Crippen molar-refractivity contribution in [3.05, 3.63) is 100 Å². The molecule has 3 rings (SSSR count). The van der Waals surface area contributed by atoms with E-state index in [0.717, 1.165) is 22.0 Å². The van der Waals surface area contributed by atoms with E-state index in [1.165, 1.54) is 5.56 Å². The number of carbonyl (C=O) groups excluding carboxylic acids is 2. The van der Waals surface area contributed by atoms with Gasteiger partial charge in [0, 0.05) is 19.0 Å². The summed E-state index contributed by atoms with van der Waals surface area (Å²) in [6.45, 7) is 10.6. The van der Waals surface area contributed by atoms with Gasteiger partial charge in [0.1, 0.15) is 11.8 Å². The lowest BCUT2D eigenvalue weighted by atomic mass is 9.87. The smallest absolute Gasteiger partial charge is 0.261 e. The fraction of sp³-hybridized carbons (Fsp3) is 0.375. The third-order valence-electron chi connectivity index (χ3n) is 6.62. The Morgan fingerprint density at radius 2 is 1.55 bits per heavy atom. The van der Waals surface area contributed by atoms with Crippen molar-refractivity contribution in [1.82, 2.24) is 10.2 Å². The van der Waals surface area contributed by atoms with Crippen LogP contribution >= 0.6 is 15.9 Å². The van der Waals surface area contributed by atoms with Gasteiger partial charge in [0.25, 0.3) is 5.91 Å². The molecular formula is C32H39BrN2O3. The van der Waals surface area contributed by atoms with Crippen LogP contribution in [-0.4, -0.2) is 35.4 Å². The van der Waals surface area contributed by atoms with Crippen LogP contribution in [0.2, 0.25) is 0 Å². The van der Waals surface area contributed by atoms with Gasteiger partial charge in [0.05, 0.1) is 4.47 Å².